The Morgan fingerprint density at radius 1 is 0.500 bits per heavy atom. The number of aliphatic imine (C=N–C) groups is 4. The number of esters is 4. The fourth-order valence-electron chi connectivity index (χ4n) is 14.0. The first kappa shape index (κ1) is 94.0. The molecule has 3 fully saturated rings. The predicted octanol–water partition coefficient (Wildman–Crippen LogP) is 18.6. The average molecular weight is 1900 g/mol. The number of allylic oxidation sites excluding steroid dienone is 4. The highest BCUT2D eigenvalue weighted by atomic mass is 79.9. The van der Waals surface area contributed by atoms with Crippen molar-refractivity contribution in [3.8, 4) is 0 Å². The van der Waals surface area contributed by atoms with Crippen LogP contribution >= 0.6 is 108 Å². The molecule has 7 aliphatic rings. The number of benzene rings is 4. The molecule has 4 aromatic carbocycles. The predicted molar refractivity (Wildman–Crippen MR) is 469 cm³/mol. The lowest BCUT2D eigenvalue weighted by Crippen LogP contribution is -2.36. The molecule has 7 aliphatic heterocycles. The van der Waals surface area contributed by atoms with Crippen molar-refractivity contribution in [2.24, 2.45) is 20.0 Å². The van der Waals surface area contributed by atoms with Crippen molar-refractivity contribution in [2.75, 3.05) is 65.9 Å². The maximum atomic E-state index is 13.8. The lowest BCUT2D eigenvalue weighted by molar-refractivity contribution is -0.162. The molecule has 0 radical (unpaired) electrons. The fraction of sp³-hybridized carbons (Fsp3) is 0.388. The van der Waals surface area contributed by atoms with Gasteiger partial charge in [0.05, 0.1) is 60.2 Å². The number of carbonyl (C=O) groups is 4. The molecule has 15 rings (SSSR count). The largest absolute Gasteiger partial charge is 0.463 e. The van der Waals surface area contributed by atoms with Crippen molar-refractivity contribution < 1.29 is 75.4 Å². The molecular weight excluding hydrogens is 1810 g/mol. The molecule has 24 nitrogen and oxygen atoms in total. The van der Waals surface area contributed by atoms with Crippen LogP contribution in [0.5, 0.6) is 0 Å². The van der Waals surface area contributed by atoms with Gasteiger partial charge in [-0.25, -0.2) is 56.7 Å². The van der Waals surface area contributed by atoms with Crippen LogP contribution in [0.1, 0.15) is 178 Å². The summed E-state index contributed by atoms with van der Waals surface area (Å²) in [5.74, 6) is -1.28. The molecule has 8 aromatic rings. The molecule has 6 atom stereocenters. The van der Waals surface area contributed by atoms with Gasteiger partial charge in [-0.3, -0.25) is 20.0 Å². The molecule has 0 amide bonds. The van der Waals surface area contributed by atoms with E-state index < -0.39 is 71.3 Å². The highest BCUT2D eigenvalue weighted by Crippen LogP contribution is 2.47. The summed E-state index contributed by atoms with van der Waals surface area (Å²) in [7, 11) is 0. The van der Waals surface area contributed by atoms with Crippen LogP contribution < -0.4 is 10.6 Å². The molecule has 0 saturated carbocycles. The van der Waals surface area contributed by atoms with Crippen molar-refractivity contribution in [1.29, 1.82) is 0 Å². The van der Waals surface area contributed by atoms with Gasteiger partial charge in [-0.05, 0) is 147 Å². The second kappa shape index (κ2) is 46.3. The number of ether oxygens (including phenoxy) is 6. The van der Waals surface area contributed by atoms with Crippen LogP contribution in [0.3, 0.4) is 0 Å². The summed E-state index contributed by atoms with van der Waals surface area (Å²) >= 11 is 34.8. The quantitative estimate of drug-likeness (QED) is 0.0129. The first-order valence-electron chi connectivity index (χ1n) is 39.6. The van der Waals surface area contributed by atoms with E-state index in [2.05, 4.69) is 58.4 Å². The summed E-state index contributed by atoms with van der Waals surface area (Å²) in [4.78, 5) is 92.1. The minimum Gasteiger partial charge on any atom is -0.463 e. The van der Waals surface area contributed by atoms with E-state index in [1.54, 1.807) is 70.7 Å². The van der Waals surface area contributed by atoms with Crippen LogP contribution in [0.4, 0.5) is 17.6 Å². The van der Waals surface area contributed by atoms with Crippen molar-refractivity contribution in [3.05, 3.63) is 250 Å². The van der Waals surface area contributed by atoms with E-state index in [0.717, 1.165) is 91.8 Å². The number of amidine groups is 4. The van der Waals surface area contributed by atoms with Gasteiger partial charge in [0.1, 0.15) is 47.4 Å². The third-order valence-electron chi connectivity index (χ3n) is 19.4. The molecule has 0 spiro atoms. The van der Waals surface area contributed by atoms with Crippen molar-refractivity contribution >= 4 is 155 Å². The zero-order valence-corrected chi connectivity index (χ0v) is 74.9. The summed E-state index contributed by atoms with van der Waals surface area (Å²) in [6.45, 7) is 12.9. The van der Waals surface area contributed by atoms with Gasteiger partial charge in [-0.1, -0.05) is 99.9 Å². The highest BCUT2D eigenvalue weighted by Gasteiger charge is 2.45. The number of fused-ring (bicyclic) bond motifs is 2. The third kappa shape index (κ3) is 23.7. The van der Waals surface area contributed by atoms with Gasteiger partial charge in [0.15, 0.2) is 49.7 Å². The van der Waals surface area contributed by atoms with Gasteiger partial charge in [-0.15, -0.1) is 45.3 Å². The maximum absolute atomic E-state index is 13.8. The number of aliphatic hydroxyl groups is 2. The lowest BCUT2D eigenvalue weighted by atomic mass is 9.94. The summed E-state index contributed by atoms with van der Waals surface area (Å²) in [6, 6.07) is 13.4. The van der Waals surface area contributed by atoms with E-state index in [1.807, 2.05) is 31.3 Å². The Bertz CT molecular complexity index is 5210. The standard InChI is InChI=1S/C24H27ClFN3O4S.C19H16BrClFN3O2S.C19H19ClFN3O3S.C19H17ClFN3O2S.C4H10O/c1-2-31-24(30)20-18(6-5-12-33-19-7-3-4-11-32-19)28-22(23-27-10-13-34-23)29-21(20)16-9-8-15(26)14-17(16)25;1-2-27-19(26)14-15(11-4-3-10(22)9-13(11)21)24-17(18-23-6-8-28-18)25-7-5-12(20)16(14)25;1-2-27-19(26)15-14(4-3-8-25)23-17(18-22-7-9-28-18)24-16(15)12-6-5-11(21)10-13(12)20;1-2-26-19(25)15-14-4-3-8-24(14)17(18-22-7-9-27-18)23-16(15)12-6-5-11(21)10-13(12)20;1-2-3-4-5/h8-10,13-14,19,21H,2-7,11-12H2,1H3,(H,28,29);3-4,6,8-9,12,15H,2,5,7H2,1H3;5-7,9-10,16,25H,2-4,8H2,1H3,(H,23,24);5-7,9-10,16H,2-4,8H2,1H3;5H,2-4H2,1H3. The number of nitrogens with zero attached hydrogens (tertiary/aromatic N) is 10. The van der Waals surface area contributed by atoms with Gasteiger partial charge < -0.3 is 59.1 Å². The Morgan fingerprint density at radius 3 is 1.29 bits per heavy atom. The minimum atomic E-state index is -0.777. The van der Waals surface area contributed by atoms with E-state index in [0.29, 0.717) is 129 Å². The summed E-state index contributed by atoms with van der Waals surface area (Å²) in [5.41, 5.74) is 6.63. The van der Waals surface area contributed by atoms with Crippen LogP contribution in [-0.2, 0) is 47.6 Å². The van der Waals surface area contributed by atoms with E-state index in [9.17, 15) is 41.8 Å². The zero-order valence-electron chi connectivity index (χ0n) is 67.1. The van der Waals surface area contributed by atoms with Gasteiger partial charge in [0.25, 0.3) is 0 Å². The number of aliphatic hydroxyl groups excluding tert-OH is 2. The molecule has 122 heavy (non-hydrogen) atoms. The second-order valence-corrected chi connectivity index (χ2v) is 33.7. The number of aromatic nitrogens is 4. The number of alkyl halides is 1. The van der Waals surface area contributed by atoms with Crippen LogP contribution in [0.15, 0.2) is 184 Å². The first-order chi connectivity index (χ1) is 59.1. The number of rotatable bonds is 26. The molecule has 6 unspecified atom stereocenters. The SMILES string of the molecule is CCCCO.CCOC(=O)C1=C(CCCO)NC(c2nccs2)=NC1c1ccc(F)cc1Cl.CCOC(=O)C1=C(CCCOC2CCCCO2)NC(c2nccs2)=NC1c1ccc(F)cc1Cl.CCOC(=O)C1=C2C(Br)CCN2C(c2nccs2)=NC1c1ccc(F)cc1Cl.CCOC(=O)C1=C2CCCN2C(c2nccs2)=NC1c1ccc(F)cc1Cl. The topological polar surface area (TPSA) is 296 Å². The molecular formula is C85H89BrCl4F4N12O12S4. The Balaban J connectivity index is 0.000000156. The number of halogens is 9. The Kier molecular flexibility index (Phi) is 35.7. The molecule has 3 saturated heterocycles. The van der Waals surface area contributed by atoms with Crippen LogP contribution in [0, 0.1) is 23.3 Å². The van der Waals surface area contributed by atoms with E-state index >= 15 is 0 Å². The van der Waals surface area contributed by atoms with Crippen LogP contribution in [0.2, 0.25) is 20.1 Å². The zero-order chi connectivity index (χ0) is 86.9. The Labute approximate surface area is 747 Å². The first-order valence-corrected chi connectivity index (χ1v) is 45.6. The van der Waals surface area contributed by atoms with Crippen LogP contribution in [-0.4, -0.2) is 164 Å². The Morgan fingerprint density at radius 2 is 0.902 bits per heavy atom. The third-order valence-corrected chi connectivity index (χ3v) is 24.6. The van der Waals surface area contributed by atoms with Gasteiger partial charge >= 0.3 is 23.9 Å². The monoisotopic (exact) mass is 1890 g/mol. The van der Waals surface area contributed by atoms with Crippen LogP contribution in [0.25, 0.3) is 0 Å². The van der Waals surface area contributed by atoms with Gasteiger partial charge in [0.2, 0.25) is 0 Å². The number of carbonyl (C=O) groups excluding carboxylic acids is 4. The number of thiazole rings is 4. The molecule has 11 heterocycles. The summed E-state index contributed by atoms with van der Waals surface area (Å²) < 4.78 is 87.2. The average Bonchev–Trinajstić information content (AvgIpc) is 1.55. The smallest absolute Gasteiger partial charge is 0.338 e. The molecule has 37 heteroatoms. The lowest BCUT2D eigenvalue weighted by Gasteiger charge is -2.32. The second-order valence-electron chi connectivity index (χ2n) is 27.4. The van der Waals surface area contributed by atoms with E-state index in [4.69, 9.17) is 94.9 Å². The Hall–Kier alpha value is -8.68. The number of nitrogens with one attached hydrogen (secondary N) is 2. The normalized spacial score (nSPS) is 19.1. The maximum Gasteiger partial charge on any atom is 0.338 e. The van der Waals surface area contributed by atoms with Crippen molar-refractivity contribution in [2.45, 2.75) is 147 Å². The number of hydrogen-bond donors (Lipinski definition) is 4. The minimum absolute atomic E-state index is 0.0286. The molecule has 648 valence electrons. The number of hydrogen-bond acceptors (Lipinski definition) is 28. The summed E-state index contributed by atoms with van der Waals surface area (Å²) in [6.07, 6.45) is 16.2. The molecule has 0 bridgehead atoms. The molecule has 0 aliphatic carbocycles. The molecule has 4 aromatic heterocycles. The van der Waals surface area contributed by atoms with Gasteiger partial charge in [-0.2, -0.15) is 0 Å². The summed E-state index contributed by atoms with van der Waals surface area (Å²) in [5, 5.41) is 34.9. The van der Waals surface area contributed by atoms with Crippen molar-refractivity contribution in [1.82, 2.24) is 40.4 Å². The highest BCUT2D eigenvalue weighted by molar-refractivity contribution is 9.09. The number of unbranched alkanes of at least 4 members (excludes halogenated alkanes) is 1. The fourth-order valence-corrected chi connectivity index (χ4v) is 18.2. The molecule has 4 N–H and O–H groups in total. The van der Waals surface area contributed by atoms with Crippen molar-refractivity contribution in [3.63, 3.8) is 0 Å². The van der Waals surface area contributed by atoms with E-state index in [1.165, 1.54) is 99.9 Å². The van der Waals surface area contributed by atoms with Gasteiger partial charge in [0, 0.05) is 144 Å². The van der Waals surface area contributed by atoms with E-state index in [-0.39, 0.29) is 64.2 Å².